The third-order valence-corrected chi connectivity index (χ3v) is 4.38. The molecule has 0 spiro atoms. The van der Waals surface area contributed by atoms with Crippen molar-refractivity contribution in [3.8, 4) is 11.3 Å². The highest BCUT2D eigenvalue weighted by molar-refractivity contribution is 9.10. The van der Waals surface area contributed by atoms with Crippen LogP contribution in [0.4, 0.5) is 0 Å². The van der Waals surface area contributed by atoms with E-state index in [0.29, 0.717) is 11.6 Å². The summed E-state index contributed by atoms with van der Waals surface area (Å²) in [5.74, 6) is 1.72. The number of halogens is 3. The van der Waals surface area contributed by atoms with E-state index in [-0.39, 0.29) is 23.4 Å². The number of benzene rings is 1. The molecule has 2 rings (SSSR count). The molecule has 0 saturated carbocycles. The second-order valence-electron chi connectivity index (χ2n) is 7.87. The predicted octanol–water partition coefficient (Wildman–Crippen LogP) is 7.09. The van der Waals surface area contributed by atoms with E-state index in [4.69, 9.17) is 16.0 Å². The second kappa shape index (κ2) is 8.27. The van der Waals surface area contributed by atoms with E-state index in [1.54, 1.807) is 0 Å². The lowest BCUT2D eigenvalue weighted by Gasteiger charge is -2.33. The molecule has 0 aliphatic heterocycles. The molecule has 0 radical (unpaired) electrons. The molecular formula is C19H26BrCl2NO. The fourth-order valence-electron chi connectivity index (χ4n) is 3.02. The van der Waals surface area contributed by atoms with Crippen molar-refractivity contribution in [2.24, 2.45) is 5.41 Å². The molecule has 0 atom stereocenters. The normalized spacial score (nSPS) is 12.1. The summed E-state index contributed by atoms with van der Waals surface area (Å²) in [6.07, 6.45) is 1.09. The zero-order chi connectivity index (χ0) is 17.3. The van der Waals surface area contributed by atoms with Crippen LogP contribution in [-0.4, -0.2) is 5.54 Å². The maximum absolute atomic E-state index is 6.29. The number of hydrogen-bond acceptors (Lipinski definition) is 2. The molecule has 5 heteroatoms. The first-order chi connectivity index (χ1) is 10.6. The Morgan fingerprint density at radius 2 is 1.75 bits per heavy atom. The molecule has 0 aliphatic carbocycles. The van der Waals surface area contributed by atoms with Gasteiger partial charge in [-0.3, -0.25) is 0 Å². The molecule has 0 amide bonds. The highest BCUT2D eigenvalue weighted by Gasteiger charge is 2.25. The van der Waals surface area contributed by atoms with Gasteiger partial charge in [0.25, 0.3) is 0 Å². The van der Waals surface area contributed by atoms with E-state index in [1.807, 2.05) is 30.3 Å². The van der Waals surface area contributed by atoms with Crippen molar-refractivity contribution in [2.45, 2.75) is 53.1 Å². The molecule has 0 fully saturated rings. The van der Waals surface area contributed by atoms with E-state index in [2.05, 4.69) is 55.9 Å². The summed E-state index contributed by atoms with van der Waals surface area (Å²) in [7, 11) is 0. The fraction of sp³-hybridized carbons (Fsp3) is 0.474. The van der Waals surface area contributed by atoms with Crippen LogP contribution in [0.5, 0.6) is 0 Å². The molecular weight excluding hydrogens is 409 g/mol. The van der Waals surface area contributed by atoms with Gasteiger partial charge in [-0.25, -0.2) is 0 Å². The Morgan fingerprint density at radius 3 is 2.33 bits per heavy atom. The molecule has 1 N–H and O–H groups in total. The van der Waals surface area contributed by atoms with Crippen LogP contribution < -0.4 is 5.32 Å². The topological polar surface area (TPSA) is 25.2 Å². The van der Waals surface area contributed by atoms with Crippen LogP contribution >= 0.6 is 39.9 Å². The standard InChI is InChI=1S/C19H25BrClNO.ClH/c1-18(2,3)12-19(4,5)22-11-14-7-9-17(23-14)15-8-6-13(20)10-16(15)21;/h6-10,22H,11-12H2,1-5H3;1H. The zero-order valence-corrected chi connectivity index (χ0v) is 18.0. The lowest BCUT2D eigenvalue weighted by molar-refractivity contribution is 0.236. The third kappa shape index (κ3) is 6.44. The van der Waals surface area contributed by atoms with E-state index < -0.39 is 0 Å². The minimum atomic E-state index is 0. The van der Waals surface area contributed by atoms with E-state index in [1.165, 1.54) is 0 Å². The van der Waals surface area contributed by atoms with Crippen LogP contribution in [-0.2, 0) is 6.54 Å². The molecule has 2 aromatic rings. The summed E-state index contributed by atoms with van der Waals surface area (Å²) in [5, 5.41) is 4.27. The van der Waals surface area contributed by atoms with E-state index in [0.717, 1.165) is 28.0 Å². The first kappa shape index (κ1) is 21.6. The van der Waals surface area contributed by atoms with Gasteiger partial charge in [0.2, 0.25) is 0 Å². The van der Waals surface area contributed by atoms with Crippen LogP contribution in [0.1, 0.15) is 46.8 Å². The van der Waals surface area contributed by atoms with Crippen molar-refractivity contribution in [3.63, 3.8) is 0 Å². The molecule has 0 aliphatic rings. The van der Waals surface area contributed by atoms with Crippen molar-refractivity contribution in [3.05, 3.63) is 45.6 Å². The lowest BCUT2D eigenvalue weighted by atomic mass is 9.82. The summed E-state index contributed by atoms with van der Waals surface area (Å²) >= 11 is 9.71. The molecule has 0 unspecified atom stereocenters. The van der Waals surface area contributed by atoms with Gasteiger partial charge in [0.15, 0.2) is 0 Å². The van der Waals surface area contributed by atoms with Gasteiger partial charge in [0, 0.05) is 15.6 Å². The van der Waals surface area contributed by atoms with Crippen molar-refractivity contribution >= 4 is 39.9 Å². The van der Waals surface area contributed by atoms with Crippen LogP contribution in [0.2, 0.25) is 5.02 Å². The maximum Gasteiger partial charge on any atom is 0.135 e. The molecule has 1 heterocycles. The number of hydrogen-bond donors (Lipinski definition) is 1. The average molecular weight is 435 g/mol. The smallest absolute Gasteiger partial charge is 0.135 e. The van der Waals surface area contributed by atoms with Gasteiger partial charge in [-0.2, -0.15) is 0 Å². The molecule has 0 bridgehead atoms. The Morgan fingerprint density at radius 1 is 1.08 bits per heavy atom. The molecule has 1 aromatic heterocycles. The average Bonchev–Trinajstić information content (AvgIpc) is 2.82. The Hall–Kier alpha value is -0.480. The van der Waals surface area contributed by atoms with Gasteiger partial charge in [0.05, 0.1) is 11.6 Å². The van der Waals surface area contributed by atoms with Gasteiger partial charge in [-0.05, 0) is 56.0 Å². The Labute approximate surface area is 164 Å². The van der Waals surface area contributed by atoms with Crippen LogP contribution in [0.3, 0.4) is 0 Å². The largest absolute Gasteiger partial charge is 0.460 e. The fourth-order valence-corrected chi connectivity index (χ4v) is 3.79. The van der Waals surface area contributed by atoms with E-state index in [9.17, 15) is 0 Å². The maximum atomic E-state index is 6.29. The lowest BCUT2D eigenvalue weighted by Crippen LogP contribution is -2.41. The Kier molecular flexibility index (Phi) is 7.43. The molecule has 1 aromatic carbocycles. The molecule has 24 heavy (non-hydrogen) atoms. The Bertz CT molecular complexity index is 674. The highest BCUT2D eigenvalue weighted by Crippen LogP contribution is 2.32. The van der Waals surface area contributed by atoms with Crippen molar-refractivity contribution in [2.75, 3.05) is 0 Å². The van der Waals surface area contributed by atoms with Crippen LogP contribution in [0.15, 0.2) is 39.2 Å². The number of nitrogens with one attached hydrogen (secondary N) is 1. The molecule has 0 saturated heterocycles. The Balaban J connectivity index is 0.00000288. The number of rotatable bonds is 5. The predicted molar refractivity (Wildman–Crippen MR) is 109 cm³/mol. The minimum absolute atomic E-state index is 0. The minimum Gasteiger partial charge on any atom is -0.460 e. The van der Waals surface area contributed by atoms with Crippen LogP contribution in [0.25, 0.3) is 11.3 Å². The van der Waals surface area contributed by atoms with Crippen LogP contribution in [0, 0.1) is 5.41 Å². The first-order valence-electron chi connectivity index (χ1n) is 7.85. The zero-order valence-electron chi connectivity index (χ0n) is 14.9. The van der Waals surface area contributed by atoms with Gasteiger partial charge in [0.1, 0.15) is 11.5 Å². The summed E-state index contributed by atoms with van der Waals surface area (Å²) in [6, 6.07) is 9.79. The van der Waals surface area contributed by atoms with Crippen molar-refractivity contribution in [1.82, 2.24) is 5.32 Å². The van der Waals surface area contributed by atoms with E-state index >= 15 is 0 Å². The summed E-state index contributed by atoms with van der Waals surface area (Å²) in [5.41, 5.74) is 1.26. The van der Waals surface area contributed by atoms with Crippen molar-refractivity contribution in [1.29, 1.82) is 0 Å². The SMILES string of the molecule is CC(C)(C)CC(C)(C)NCc1ccc(-c2ccc(Br)cc2Cl)o1.Cl. The summed E-state index contributed by atoms with van der Waals surface area (Å²) in [4.78, 5) is 0. The van der Waals surface area contributed by atoms with Gasteiger partial charge in [-0.1, -0.05) is 48.3 Å². The quantitative estimate of drug-likeness (QED) is 0.543. The van der Waals surface area contributed by atoms with Crippen molar-refractivity contribution < 1.29 is 4.42 Å². The van der Waals surface area contributed by atoms with Gasteiger partial charge in [-0.15, -0.1) is 12.4 Å². The first-order valence-corrected chi connectivity index (χ1v) is 9.02. The summed E-state index contributed by atoms with van der Waals surface area (Å²) < 4.78 is 6.92. The monoisotopic (exact) mass is 433 g/mol. The summed E-state index contributed by atoms with van der Waals surface area (Å²) in [6.45, 7) is 11.9. The third-order valence-electron chi connectivity index (χ3n) is 3.57. The van der Waals surface area contributed by atoms with Gasteiger partial charge < -0.3 is 9.73 Å². The second-order valence-corrected chi connectivity index (χ2v) is 9.19. The van der Waals surface area contributed by atoms with Gasteiger partial charge >= 0.3 is 0 Å². The molecule has 134 valence electrons. The number of furan rings is 1. The molecule has 2 nitrogen and oxygen atoms in total. The highest BCUT2D eigenvalue weighted by atomic mass is 79.9.